The van der Waals surface area contributed by atoms with Crippen molar-refractivity contribution in [3.8, 4) is 0 Å². The molecule has 0 aromatic carbocycles. The number of likely N-dealkylation sites (N-methyl/N-ethyl adjacent to an activating group) is 1. The Morgan fingerprint density at radius 2 is 1.80 bits per heavy atom. The Balaban J connectivity index is 4.34. The molecule has 5 heteroatoms. The number of carbonyl (C=O) groups excluding carboxylic acids is 1. The highest BCUT2D eigenvalue weighted by Crippen LogP contribution is 2.06. The zero-order valence-electron chi connectivity index (χ0n) is 12.8. The minimum atomic E-state index is -0.965. The molecule has 0 aromatic rings. The summed E-state index contributed by atoms with van der Waals surface area (Å²) in [4.78, 5) is 22.4. The van der Waals surface area contributed by atoms with Gasteiger partial charge in [-0.25, -0.2) is 4.79 Å². The topological polar surface area (TPSA) is 63.6 Å². The van der Waals surface area contributed by atoms with Crippen LogP contribution in [0, 0.1) is 0 Å². The average Bonchev–Trinajstić information content (AvgIpc) is 2.25. The molecule has 20 heavy (non-hydrogen) atoms. The van der Waals surface area contributed by atoms with Gasteiger partial charge in [-0.3, -0.25) is 4.79 Å². The summed E-state index contributed by atoms with van der Waals surface area (Å²) >= 11 is 0. The van der Waals surface area contributed by atoms with Crippen LogP contribution in [0.15, 0.2) is 24.3 Å². The maximum Gasteiger partial charge on any atom is 0.330 e. The lowest BCUT2D eigenvalue weighted by atomic mass is 10.2. The average molecular weight is 284 g/mol. The monoisotopic (exact) mass is 284 g/mol. The fraction of sp³-hybridized carbons (Fsp3) is 0.600. The smallest absolute Gasteiger partial charge is 0.330 e. The van der Waals surface area contributed by atoms with Gasteiger partial charge in [0.25, 0.3) is 0 Å². The molecule has 0 saturated heterocycles. The van der Waals surface area contributed by atoms with E-state index in [0.29, 0.717) is 11.0 Å². The molecule has 0 radical (unpaired) electrons. The maximum atomic E-state index is 11.6. The van der Waals surface area contributed by atoms with Crippen LogP contribution in [0.2, 0.25) is 0 Å². The van der Waals surface area contributed by atoms with Gasteiger partial charge >= 0.3 is 11.9 Å². The molecule has 5 nitrogen and oxygen atoms in total. The van der Waals surface area contributed by atoms with Gasteiger partial charge in [-0.15, -0.1) is 0 Å². The number of ether oxygens (including phenoxy) is 1. The molecule has 0 rings (SSSR count). The third-order valence-corrected chi connectivity index (χ3v) is 2.43. The minimum absolute atomic E-state index is 0.173. The molecule has 0 aliphatic carbocycles. The zero-order chi connectivity index (χ0) is 15.6. The van der Waals surface area contributed by atoms with Gasteiger partial charge in [0.1, 0.15) is 6.54 Å². The third-order valence-electron chi connectivity index (χ3n) is 2.43. The fourth-order valence-corrected chi connectivity index (χ4v) is 1.69. The number of carboxylic acid groups (broad SMARTS) is 1. The Kier molecular flexibility index (Phi) is 8.56. The van der Waals surface area contributed by atoms with Crippen LogP contribution in [0.25, 0.3) is 0 Å². The number of rotatable bonds is 9. The predicted octanol–water partition coefficient (Wildman–Crippen LogP) is 1.99. The van der Waals surface area contributed by atoms with Crippen molar-refractivity contribution in [2.75, 3.05) is 27.7 Å². The lowest BCUT2D eigenvalue weighted by Gasteiger charge is -2.28. The minimum Gasteiger partial charge on any atom is -0.481 e. The van der Waals surface area contributed by atoms with Crippen LogP contribution in [-0.2, 0) is 14.3 Å². The highest BCUT2D eigenvalue weighted by molar-refractivity contribution is 5.82. The number of hydrogen-bond acceptors (Lipinski definition) is 3. The molecule has 0 aliphatic rings. The van der Waals surface area contributed by atoms with E-state index in [1.54, 1.807) is 6.08 Å². The Morgan fingerprint density at radius 3 is 2.30 bits per heavy atom. The van der Waals surface area contributed by atoms with E-state index in [4.69, 9.17) is 9.84 Å². The van der Waals surface area contributed by atoms with Crippen LogP contribution in [0.4, 0.5) is 0 Å². The Labute approximate surface area is 121 Å². The summed E-state index contributed by atoms with van der Waals surface area (Å²) in [6.45, 7) is 2.41. The highest BCUT2D eigenvalue weighted by Gasteiger charge is 2.23. The lowest BCUT2D eigenvalue weighted by Crippen LogP contribution is -2.43. The number of esters is 1. The normalized spacial score (nSPS) is 13.8. The first kappa shape index (κ1) is 18.4. The van der Waals surface area contributed by atoms with Crippen molar-refractivity contribution in [2.45, 2.75) is 32.3 Å². The summed E-state index contributed by atoms with van der Waals surface area (Å²) in [5.41, 5.74) is 0. The molecule has 114 valence electrons. The molecule has 0 fully saturated rings. The predicted molar refractivity (Wildman–Crippen MR) is 78.2 cm³/mol. The summed E-state index contributed by atoms with van der Waals surface area (Å²) in [5.74, 6) is -1.45. The standard InChI is InChI=1S/C15H25NO4/c1-5-6-7-8-9-10-15(19)20-13(11-14(17)18)12-16(2,3)4/h5-6,9-10,13H,7-8,11-12H2,1-4H3/p+1/b6-5+,10-9+. The number of carbonyl (C=O) groups is 2. The first-order chi connectivity index (χ1) is 9.24. The largest absolute Gasteiger partial charge is 0.481 e. The molecule has 0 bridgehead atoms. The Hall–Kier alpha value is -1.62. The van der Waals surface area contributed by atoms with Crippen molar-refractivity contribution in [2.24, 2.45) is 0 Å². The number of carboxylic acids is 1. The number of hydrogen-bond donors (Lipinski definition) is 1. The second kappa shape index (κ2) is 9.31. The van der Waals surface area contributed by atoms with Crippen LogP contribution in [0.1, 0.15) is 26.2 Å². The van der Waals surface area contributed by atoms with Crippen molar-refractivity contribution >= 4 is 11.9 Å². The summed E-state index contributed by atoms with van der Waals surface area (Å²) < 4.78 is 5.74. The molecule has 1 atom stereocenters. The number of aliphatic carboxylic acids is 1. The van der Waals surface area contributed by atoms with Gasteiger partial charge in [0, 0.05) is 6.08 Å². The number of unbranched alkanes of at least 4 members (excludes halogenated alkanes) is 1. The van der Waals surface area contributed by atoms with Crippen LogP contribution < -0.4 is 0 Å². The summed E-state index contributed by atoms with van der Waals surface area (Å²) in [5, 5.41) is 8.84. The van der Waals surface area contributed by atoms with Crippen LogP contribution in [-0.4, -0.2) is 55.3 Å². The number of allylic oxidation sites excluding steroid dienone is 3. The van der Waals surface area contributed by atoms with Gasteiger partial charge < -0.3 is 14.3 Å². The van der Waals surface area contributed by atoms with Crippen molar-refractivity contribution < 1.29 is 23.9 Å². The van der Waals surface area contributed by atoms with E-state index in [0.717, 1.165) is 12.8 Å². The first-order valence-electron chi connectivity index (χ1n) is 6.75. The highest BCUT2D eigenvalue weighted by atomic mass is 16.5. The molecule has 1 N–H and O–H groups in total. The van der Waals surface area contributed by atoms with E-state index in [9.17, 15) is 9.59 Å². The van der Waals surface area contributed by atoms with E-state index >= 15 is 0 Å². The second-order valence-corrected chi connectivity index (χ2v) is 5.68. The van der Waals surface area contributed by atoms with Gasteiger partial charge in [-0.1, -0.05) is 18.2 Å². The molecule has 0 aromatic heterocycles. The van der Waals surface area contributed by atoms with E-state index in [1.165, 1.54) is 6.08 Å². The molecule has 0 heterocycles. The van der Waals surface area contributed by atoms with Crippen molar-refractivity contribution in [1.82, 2.24) is 0 Å². The number of nitrogens with zero attached hydrogens (tertiary/aromatic N) is 1. The van der Waals surface area contributed by atoms with E-state index < -0.39 is 18.0 Å². The summed E-state index contributed by atoms with van der Waals surface area (Å²) in [6, 6.07) is 0. The van der Waals surface area contributed by atoms with Crippen molar-refractivity contribution in [1.29, 1.82) is 0 Å². The third kappa shape index (κ3) is 11.5. The van der Waals surface area contributed by atoms with Gasteiger partial charge in [-0.2, -0.15) is 0 Å². The molecular weight excluding hydrogens is 258 g/mol. The van der Waals surface area contributed by atoms with E-state index in [-0.39, 0.29) is 6.42 Å². The summed E-state index contributed by atoms with van der Waals surface area (Å²) in [6.07, 6.45) is 7.93. The van der Waals surface area contributed by atoms with Crippen LogP contribution in [0.5, 0.6) is 0 Å². The van der Waals surface area contributed by atoms with Crippen LogP contribution >= 0.6 is 0 Å². The number of quaternary nitrogens is 1. The zero-order valence-corrected chi connectivity index (χ0v) is 12.8. The molecule has 0 spiro atoms. The first-order valence-corrected chi connectivity index (χ1v) is 6.75. The maximum absolute atomic E-state index is 11.6. The Bertz CT molecular complexity index is 367. The Morgan fingerprint density at radius 1 is 1.20 bits per heavy atom. The van der Waals surface area contributed by atoms with Gasteiger partial charge in [0.05, 0.1) is 27.6 Å². The molecule has 1 unspecified atom stereocenters. The van der Waals surface area contributed by atoms with Crippen LogP contribution in [0.3, 0.4) is 0 Å². The van der Waals surface area contributed by atoms with Gasteiger partial charge in [-0.05, 0) is 19.8 Å². The van der Waals surface area contributed by atoms with E-state index in [2.05, 4.69) is 0 Å². The summed E-state index contributed by atoms with van der Waals surface area (Å²) in [7, 11) is 5.78. The molecule has 0 saturated carbocycles. The fourth-order valence-electron chi connectivity index (χ4n) is 1.69. The SMILES string of the molecule is C/C=C/CC/C=C/C(=O)OC(CC(=O)O)C[N+](C)(C)C. The van der Waals surface area contributed by atoms with Gasteiger partial charge in [0.2, 0.25) is 0 Å². The second-order valence-electron chi connectivity index (χ2n) is 5.68. The molecule has 0 aliphatic heterocycles. The molecular formula is C15H26NO4+. The van der Waals surface area contributed by atoms with Crippen molar-refractivity contribution in [3.05, 3.63) is 24.3 Å². The van der Waals surface area contributed by atoms with E-state index in [1.807, 2.05) is 40.2 Å². The molecule has 0 amide bonds. The van der Waals surface area contributed by atoms with Gasteiger partial charge in [0.15, 0.2) is 6.10 Å². The van der Waals surface area contributed by atoms with Crippen molar-refractivity contribution in [3.63, 3.8) is 0 Å². The lowest BCUT2D eigenvalue weighted by molar-refractivity contribution is -0.873. The quantitative estimate of drug-likeness (QED) is 0.231.